The van der Waals surface area contributed by atoms with Crippen LogP contribution >= 0.6 is 0 Å². The van der Waals surface area contributed by atoms with E-state index in [4.69, 9.17) is 10.3 Å². The first-order valence-corrected chi connectivity index (χ1v) is 5.01. The number of aromatic nitrogens is 2. The summed E-state index contributed by atoms with van der Waals surface area (Å²) in [6.45, 7) is 1.89. The van der Waals surface area contributed by atoms with Crippen molar-refractivity contribution in [1.29, 1.82) is 0 Å². The summed E-state index contributed by atoms with van der Waals surface area (Å²) in [5.74, 6) is -0.516. The lowest BCUT2D eigenvalue weighted by atomic mass is 10.2. The molecule has 0 unspecified atom stereocenters. The first-order chi connectivity index (χ1) is 8.63. The van der Waals surface area contributed by atoms with Crippen molar-refractivity contribution in [2.24, 2.45) is 17.3 Å². The lowest BCUT2D eigenvalue weighted by Crippen LogP contribution is -2.21. The molecular weight excluding hydrogens is 240 g/mol. The van der Waals surface area contributed by atoms with Crippen molar-refractivity contribution in [2.75, 3.05) is 13.7 Å². The van der Waals surface area contributed by atoms with Gasteiger partial charge in [0.2, 0.25) is 5.71 Å². The Bertz CT molecular complexity index is 514. The number of oxime groups is 1. The van der Waals surface area contributed by atoms with Gasteiger partial charge in [0.15, 0.2) is 0 Å². The fourth-order valence-corrected chi connectivity index (χ4v) is 1.25. The molecule has 0 saturated carbocycles. The van der Waals surface area contributed by atoms with Crippen LogP contribution in [0.25, 0.3) is 10.4 Å². The zero-order valence-corrected chi connectivity index (χ0v) is 10.2. The van der Waals surface area contributed by atoms with E-state index in [1.807, 2.05) is 0 Å². The van der Waals surface area contributed by atoms with E-state index in [1.165, 1.54) is 17.9 Å². The maximum atomic E-state index is 11.7. The highest BCUT2D eigenvalue weighted by molar-refractivity contribution is 6.42. The molecule has 1 aromatic heterocycles. The number of esters is 1. The predicted octanol–water partition coefficient (Wildman–Crippen LogP) is 1.28. The zero-order chi connectivity index (χ0) is 13.5. The van der Waals surface area contributed by atoms with Crippen LogP contribution in [0.4, 0.5) is 5.82 Å². The summed E-state index contributed by atoms with van der Waals surface area (Å²) in [5, 5.41) is 10.8. The number of carbonyl (C=O) groups excluding carboxylic acids is 1. The van der Waals surface area contributed by atoms with Gasteiger partial charge in [-0.25, -0.2) is 4.79 Å². The van der Waals surface area contributed by atoms with Gasteiger partial charge in [-0.15, -0.1) is 0 Å². The summed E-state index contributed by atoms with van der Waals surface area (Å²) in [6.07, 6.45) is 0. The fourth-order valence-electron chi connectivity index (χ4n) is 1.25. The van der Waals surface area contributed by atoms with Crippen LogP contribution in [-0.2, 0) is 21.4 Å². The SMILES string of the molecule is CCOC(=O)C(=NOC)c1cc(N=[N+]=[N-])nn1C. The standard InChI is InChI=1S/C9H12N6O3/c1-4-18-9(16)8(13-17-3)6-5-7(11-14-10)12-15(6)2/h5H,4H2,1-3H3. The summed E-state index contributed by atoms with van der Waals surface area (Å²) in [7, 11) is 2.89. The summed E-state index contributed by atoms with van der Waals surface area (Å²) < 4.78 is 6.19. The second kappa shape index (κ2) is 6.26. The van der Waals surface area contributed by atoms with Crippen molar-refractivity contribution < 1.29 is 14.4 Å². The van der Waals surface area contributed by atoms with Gasteiger partial charge in [-0.3, -0.25) is 4.68 Å². The van der Waals surface area contributed by atoms with E-state index in [1.54, 1.807) is 14.0 Å². The van der Waals surface area contributed by atoms with Crippen molar-refractivity contribution in [3.05, 3.63) is 22.2 Å². The summed E-state index contributed by atoms with van der Waals surface area (Å²) in [5.41, 5.74) is 8.60. The second-order valence-electron chi connectivity index (χ2n) is 3.04. The Morgan fingerprint density at radius 2 is 2.39 bits per heavy atom. The number of nitrogens with zero attached hydrogens (tertiary/aromatic N) is 6. The Balaban J connectivity index is 3.18. The summed E-state index contributed by atoms with van der Waals surface area (Å²) in [4.78, 5) is 18.9. The maximum absolute atomic E-state index is 11.7. The van der Waals surface area contributed by atoms with E-state index >= 15 is 0 Å². The third kappa shape index (κ3) is 2.98. The van der Waals surface area contributed by atoms with Crippen LogP contribution in [0.3, 0.4) is 0 Å². The molecule has 0 aliphatic heterocycles. The van der Waals surface area contributed by atoms with E-state index in [0.29, 0.717) is 5.69 Å². The molecule has 0 aliphatic carbocycles. The van der Waals surface area contributed by atoms with E-state index in [2.05, 4.69) is 25.1 Å². The molecule has 0 fully saturated rings. The highest BCUT2D eigenvalue weighted by Crippen LogP contribution is 2.13. The van der Waals surface area contributed by atoms with Crippen LogP contribution < -0.4 is 0 Å². The van der Waals surface area contributed by atoms with E-state index in [0.717, 1.165) is 0 Å². The molecule has 0 spiro atoms. The number of carbonyl (C=O) groups is 1. The Kier molecular flexibility index (Phi) is 4.70. The van der Waals surface area contributed by atoms with Crippen LogP contribution in [0.5, 0.6) is 0 Å². The van der Waals surface area contributed by atoms with Crippen LogP contribution in [-0.4, -0.2) is 35.2 Å². The molecular formula is C9H12N6O3. The van der Waals surface area contributed by atoms with Crippen LogP contribution in [0.2, 0.25) is 0 Å². The smallest absolute Gasteiger partial charge is 0.362 e. The lowest BCUT2D eigenvalue weighted by Gasteiger charge is -2.04. The van der Waals surface area contributed by atoms with Gasteiger partial charge in [0, 0.05) is 12.0 Å². The number of rotatable bonds is 5. The van der Waals surface area contributed by atoms with Crippen molar-refractivity contribution in [3.63, 3.8) is 0 Å². The van der Waals surface area contributed by atoms with Crippen molar-refractivity contribution in [2.45, 2.75) is 6.92 Å². The summed E-state index contributed by atoms with van der Waals surface area (Å²) >= 11 is 0. The van der Waals surface area contributed by atoms with E-state index in [-0.39, 0.29) is 18.1 Å². The average molecular weight is 252 g/mol. The molecule has 0 N–H and O–H groups in total. The monoisotopic (exact) mass is 252 g/mol. The Hall–Kier alpha value is -2.54. The average Bonchev–Trinajstić information content (AvgIpc) is 2.68. The highest BCUT2D eigenvalue weighted by Gasteiger charge is 2.21. The molecule has 96 valence electrons. The molecule has 0 saturated heterocycles. The minimum Gasteiger partial charge on any atom is -0.461 e. The minimum absolute atomic E-state index is 0.0475. The molecule has 0 amide bonds. The van der Waals surface area contributed by atoms with Crippen LogP contribution in [0.1, 0.15) is 12.6 Å². The number of hydrogen-bond acceptors (Lipinski definition) is 6. The molecule has 0 aromatic carbocycles. The van der Waals surface area contributed by atoms with Crippen LogP contribution in [0, 0.1) is 0 Å². The van der Waals surface area contributed by atoms with Gasteiger partial charge in [-0.05, 0) is 23.6 Å². The number of aryl methyl sites for hydroxylation is 1. The molecule has 0 atom stereocenters. The molecule has 0 aliphatic rings. The van der Waals surface area contributed by atoms with Crippen LogP contribution in [0.15, 0.2) is 16.3 Å². The largest absolute Gasteiger partial charge is 0.461 e. The highest BCUT2D eigenvalue weighted by atomic mass is 16.6. The first-order valence-electron chi connectivity index (χ1n) is 5.01. The fraction of sp³-hybridized carbons (Fsp3) is 0.444. The molecule has 18 heavy (non-hydrogen) atoms. The Morgan fingerprint density at radius 1 is 1.67 bits per heavy atom. The van der Waals surface area contributed by atoms with Gasteiger partial charge in [-0.1, -0.05) is 5.16 Å². The third-order valence-electron chi connectivity index (χ3n) is 1.91. The van der Waals surface area contributed by atoms with E-state index < -0.39 is 5.97 Å². The van der Waals surface area contributed by atoms with Gasteiger partial charge in [0.1, 0.15) is 12.9 Å². The molecule has 0 bridgehead atoms. The molecule has 9 heteroatoms. The molecule has 0 radical (unpaired) electrons. The topological polar surface area (TPSA) is 114 Å². The normalized spacial score (nSPS) is 10.7. The minimum atomic E-state index is -0.644. The predicted molar refractivity (Wildman–Crippen MR) is 62.2 cm³/mol. The van der Waals surface area contributed by atoms with Crippen molar-refractivity contribution >= 4 is 17.5 Å². The zero-order valence-electron chi connectivity index (χ0n) is 10.2. The van der Waals surface area contributed by atoms with Gasteiger partial charge in [0.05, 0.1) is 12.3 Å². The van der Waals surface area contributed by atoms with E-state index in [9.17, 15) is 4.79 Å². The maximum Gasteiger partial charge on any atom is 0.362 e. The Morgan fingerprint density at radius 3 is 2.94 bits per heavy atom. The Labute approximate surface area is 103 Å². The third-order valence-corrected chi connectivity index (χ3v) is 1.91. The molecule has 9 nitrogen and oxygen atoms in total. The molecule has 1 heterocycles. The van der Waals surface area contributed by atoms with Gasteiger partial charge in [-0.2, -0.15) is 5.10 Å². The molecule has 1 rings (SSSR count). The van der Waals surface area contributed by atoms with Crippen molar-refractivity contribution in [3.8, 4) is 0 Å². The van der Waals surface area contributed by atoms with Gasteiger partial charge in [0.25, 0.3) is 0 Å². The van der Waals surface area contributed by atoms with Crippen molar-refractivity contribution in [1.82, 2.24) is 9.78 Å². The lowest BCUT2D eigenvalue weighted by molar-refractivity contribution is -0.135. The van der Waals surface area contributed by atoms with Gasteiger partial charge >= 0.3 is 5.97 Å². The number of hydrogen-bond donors (Lipinski definition) is 0. The summed E-state index contributed by atoms with van der Waals surface area (Å²) in [6, 6.07) is 1.41. The first kappa shape index (κ1) is 13.5. The van der Waals surface area contributed by atoms with Gasteiger partial charge < -0.3 is 9.57 Å². The number of azide groups is 1. The quantitative estimate of drug-likeness (QED) is 0.196. The molecule has 1 aromatic rings. The second-order valence-corrected chi connectivity index (χ2v) is 3.04. The number of ether oxygens (including phenoxy) is 1.